The normalized spacial score (nSPS) is 12.7. The molecule has 1 N–H and O–H groups in total. The molecule has 0 atom stereocenters. The molecule has 0 aliphatic heterocycles. The van der Waals surface area contributed by atoms with Gasteiger partial charge < -0.3 is 5.11 Å². The van der Waals surface area contributed by atoms with Crippen LogP contribution in [0.15, 0.2) is 48.5 Å². The quantitative estimate of drug-likeness (QED) is 0.804. The number of nitrogens with zero attached hydrogens (tertiary/aromatic N) is 1. The van der Waals surface area contributed by atoms with E-state index in [0.717, 1.165) is 24.3 Å². The lowest BCUT2D eigenvalue weighted by atomic mass is 9.72. The predicted octanol–water partition coefficient (Wildman–Crippen LogP) is 4.67. The van der Waals surface area contributed by atoms with Crippen LogP contribution in [-0.2, 0) is 5.41 Å². The van der Waals surface area contributed by atoms with Crippen molar-refractivity contribution in [1.82, 2.24) is 0 Å². The van der Waals surface area contributed by atoms with Crippen LogP contribution >= 0.6 is 0 Å². The molecular weight excluding hydrogens is 336 g/mol. The van der Waals surface area contributed by atoms with Gasteiger partial charge in [0, 0.05) is 0 Å². The minimum atomic E-state index is -5.70. The molecule has 0 aliphatic rings. The highest BCUT2D eigenvalue weighted by molar-refractivity contribution is 5.47. The van der Waals surface area contributed by atoms with E-state index < -0.39 is 34.6 Å². The van der Waals surface area contributed by atoms with Gasteiger partial charge in [-0.25, -0.2) is 0 Å². The number of nitriles is 1. The van der Waals surface area contributed by atoms with E-state index in [-0.39, 0.29) is 5.56 Å². The van der Waals surface area contributed by atoms with E-state index in [4.69, 9.17) is 10.4 Å². The van der Waals surface area contributed by atoms with Crippen LogP contribution in [0.5, 0.6) is 5.75 Å². The topological polar surface area (TPSA) is 44.0 Å². The van der Waals surface area contributed by atoms with Gasteiger partial charge in [0.2, 0.25) is 5.41 Å². The molecule has 0 fully saturated rings. The number of phenols is 1. The average molecular weight is 345 g/mol. The third kappa shape index (κ3) is 2.66. The lowest BCUT2D eigenvalue weighted by Crippen LogP contribution is -2.54. The Kier molecular flexibility index (Phi) is 4.23. The van der Waals surface area contributed by atoms with Gasteiger partial charge >= 0.3 is 12.4 Å². The van der Waals surface area contributed by atoms with E-state index in [1.807, 2.05) is 0 Å². The zero-order valence-electron chi connectivity index (χ0n) is 11.8. The van der Waals surface area contributed by atoms with Crippen molar-refractivity contribution >= 4 is 0 Å². The zero-order chi connectivity index (χ0) is 18.2. The van der Waals surface area contributed by atoms with E-state index in [1.54, 1.807) is 6.07 Å². The first-order valence-corrected chi connectivity index (χ1v) is 6.47. The maximum absolute atomic E-state index is 13.7. The van der Waals surface area contributed by atoms with Gasteiger partial charge in [-0.1, -0.05) is 24.3 Å². The summed E-state index contributed by atoms with van der Waals surface area (Å²) in [5, 5.41) is 17.8. The van der Waals surface area contributed by atoms with Crippen LogP contribution in [0, 0.1) is 11.3 Å². The van der Waals surface area contributed by atoms with Gasteiger partial charge in [0.25, 0.3) is 0 Å². The largest absolute Gasteiger partial charge is 0.508 e. The van der Waals surface area contributed by atoms with E-state index in [1.165, 1.54) is 0 Å². The predicted molar refractivity (Wildman–Crippen MR) is 72.2 cm³/mol. The van der Waals surface area contributed by atoms with Crippen molar-refractivity contribution < 1.29 is 31.4 Å². The molecule has 8 heteroatoms. The molecule has 0 radical (unpaired) electrons. The fraction of sp³-hybridized carbons (Fsp3) is 0.188. The van der Waals surface area contributed by atoms with Gasteiger partial charge in [-0.15, -0.1) is 0 Å². The van der Waals surface area contributed by atoms with Crippen LogP contribution in [-0.4, -0.2) is 17.5 Å². The van der Waals surface area contributed by atoms with Crippen LogP contribution in [0.3, 0.4) is 0 Å². The number of halogens is 6. The van der Waals surface area contributed by atoms with Gasteiger partial charge in [0.15, 0.2) is 0 Å². The Bertz CT molecular complexity index is 740. The fourth-order valence-electron chi connectivity index (χ4n) is 2.49. The molecule has 0 saturated carbocycles. The summed E-state index contributed by atoms with van der Waals surface area (Å²) in [5.41, 5.74) is -6.48. The molecule has 2 aromatic carbocycles. The smallest absolute Gasteiger partial charge is 0.411 e. The molecule has 0 saturated heterocycles. The lowest BCUT2D eigenvalue weighted by Gasteiger charge is -2.38. The summed E-state index contributed by atoms with van der Waals surface area (Å²) in [4.78, 5) is 0. The monoisotopic (exact) mass is 345 g/mol. The number of rotatable bonds is 2. The van der Waals surface area contributed by atoms with E-state index in [0.29, 0.717) is 24.3 Å². The molecule has 0 aliphatic carbocycles. The molecule has 0 spiro atoms. The third-order valence-electron chi connectivity index (χ3n) is 3.60. The summed E-state index contributed by atoms with van der Waals surface area (Å²) in [5.74, 6) is -0.461. The molecule has 24 heavy (non-hydrogen) atoms. The second-order valence-corrected chi connectivity index (χ2v) is 4.98. The Morgan fingerprint density at radius 3 is 1.42 bits per heavy atom. The summed E-state index contributed by atoms with van der Waals surface area (Å²) < 4.78 is 82.1. The first kappa shape index (κ1) is 17.7. The second-order valence-electron chi connectivity index (χ2n) is 4.98. The van der Waals surface area contributed by atoms with Gasteiger partial charge in [-0.2, -0.15) is 31.6 Å². The van der Waals surface area contributed by atoms with Crippen molar-refractivity contribution in [1.29, 1.82) is 5.26 Å². The molecule has 0 unspecified atom stereocenters. The second kappa shape index (κ2) is 5.74. The maximum atomic E-state index is 13.7. The third-order valence-corrected chi connectivity index (χ3v) is 3.60. The Labute approximate surface area is 132 Å². The molecule has 0 bridgehead atoms. The van der Waals surface area contributed by atoms with E-state index >= 15 is 0 Å². The van der Waals surface area contributed by atoms with Crippen molar-refractivity contribution in [2.75, 3.05) is 0 Å². The van der Waals surface area contributed by atoms with Crippen LogP contribution in [0.2, 0.25) is 0 Å². The van der Waals surface area contributed by atoms with Gasteiger partial charge in [-0.05, 0) is 35.4 Å². The number of hydrogen-bond acceptors (Lipinski definition) is 2. The first-order chi connectivity index (χ1) is 11.0. The number of phenolic OH excluding ortho intramolecular Hbond substituents is 1. The van der Waals surface area contributed by atoms with Crippen LogP contribution in [0.1, 0.15) is 16.7 Å². The highest BCUT2D eigenvalue weighted by Gasteiger charge is 2.72. The highest BCUT2D eigenvalue weighted by Crippen LogP contribution is 2.56. The zero-order valence-corrected chi connectivity index (χ0v) is 11.8. The van der Waals surface area contributed by atoms with Gasteiger partial charge in [-0.3, -0.25) is 0 Å². The molecular formula is C16H9F6NO. The van der Waals surface area contributed by atoms with Crippen molar-refractivity contribution in [3.8, 4) is 11.8 Å². The average Bonchev–Trinajstić information content (AvgIpc) is 2.47. The summed E-state index contributed by atoms with van der Waals surface area (Å²) in [7, 11) is 0. The Balaban J connectivity index is 2.86. The molecule has 2 nitrogen and oxygen atoms in total. The van der Waals surface area contributed by atoms with Crippen LogP contribution < -0.4 is 0 Å². The molecule has 0 aromatic heterocycles. The van der Waals surface area contributed by atoms with Crippen molar-refractivity contribution in [3.05, 3.63) is 65.2 Å². The maximum Gasteiger partial charge on any atom is 0.411 e. The molecule has 126 valence electrons. The molecule has 2 aromatic rings. The minimum absolute atomic E-state index is 0.0669. The number of aromatic hydroxyl groups is 1. The standard InChI is InChI=1S/C16H9F6NO/c17-15(18,19)14(16(20,21)22,12-5-7-13(24)8-6-12)11-3-1-10(9-23)2-4-11/h1-8,24H. The number of benzene rings is 2. The summed E-state index contributed by atoms with van der Waals surface area (Å²) in [6.07, 6.45) is -11.4. The van der Waals surface area contributed by atoms with E-state index in [2.05, 4.69) is 0 Å². The van der Waals surface area contributed by atoms with Gasteiger partial charge in [0.1, 0.15) is 5.75 Å². The van der Waals surface area contributed by atoms with Crippen LogP contribution in [0.25, 0.3) is 0 Å². The van der Waals surface area contributed by atoms with Crippen molar-refractivity contribution in [2.45, 2.75) is 17.8 Å². The minimum Gasteiger partial charge on any atom is -0.508 e. The highest BCUT2D eigenvalue weighted by atomic mass is 19.4. The molecule has 2 rings (SSSR count). The van der Waals surface area contributed by atoms with Crippen molar-refractivity contribution in [3.63, 3.8) is 0 Å². The summed E-state index contributed by atoms with van der Waals surface area (Å²) in [6, 6.07) is 7.35. The van der Waals surface area contributed by atoms with Crippen LogP contribution in [0.4, 0.5) is 26.3 Å². The lowest BCUT2D eigenvalue weighted by molar-refractivity contribution is -0.288. The molecule has 0 heterocycles. The van der Waals surface area contributed by atoms with Crippen molar-refractivity contribution in [2.24, 2.45) is 0 Å². The van der Waals surface area contributed by atoms with E-state index in [9.17, 15) is 26.3 Å². The number of hydrogen-bond donors (Lipinski definition) is 1. The Morgan fingerprint density at radius 2 is 1.08 bits per heavy atom. The number of alkyl halides is 6. The first-order valence-electron chi connectivity index (χ1n) is 6.47. The summed E-state index contributed by atoms with van der Waals surface area (Å²) >= 11 is 0. The Morgan fingerprint density at radius 1 is 0.708 bits per heavy atom. The Hall–Kier alpha value is -2.69. The fourth-order valence-corrected chi connectivity index (χ4v) is 2.49. The SMILES string of the molecule is N#Cc1ccc(C(c2ccc(O)cc2)(C(F)(F)F)C(F)(F)F)cc1. The summed E-state index contributed by atoms with van der Waals surface area (Å²) in [6.45, 7) is 0. The molecule has 0 amide bonds. The van der Waals surface area contributed by atoms with Gasteiger partial charge in [0.05, 0.1) is 11.6 Å².